The molecule has 0 atom stereocenters. The molecule has 1 aliphatic rings. The Morgan fingerprint density at radius 1 is 1.32 bits per heavy atom. The average Bonchev–Trinajstić information content (AvgIpc) is 3.00. The predicted octanol–water partition coefficient (Wildman–Crippen LogP) is 2.08. The zero-order valence-corrected chi connectivity index (χ0v) is 12.9. The van der Waals surface area contributed by atoms with Gasteiger partial charge in [-0.25, -0.2) is 4.98 Å². The van der Waals surface area contributed by atoms with Crippen LogP contribution in [0.25, 0.3) is 10.2 Å². The van der Waals surface area contributed by atoms with Gasteiger partial charge >= 0.3 is 0 Å². The lowest BCUT2D eigenvalue weighted by molar-refractivity contribution is -0.138. The molecule has 0 saturated carbocycles. The van der Waals surface area contributed by atoms with E-state index in [-0.39, 0.29) is 43.5 Å². The molecular formula is C15H15N3O3S. The second-order valence-corrected chi connectivity index (χ2v) is 6.26. The summed E-state index contributed by atoms with van der Waals surface area (Å²) in [6, 6.07) is 5.90. The quantitative estimate of drug-likeness (QED) is 0.876. The highest BCUT2D eigenvalue weighted by molar-refractivity contribution is 7.22. The van der Waals surface area contributed by atoms with E-state index in [0.717, 1.165) is 20.7 Å². The molecule has 6 nitrogen and oxygen atoms in total. The van der Waals surface area contributed by atoms with Gasteiger partial charge < -0.3 is 5.32 Å². The zero-order valence-electron chi connectivity index (χ0n) is 12.1. The van der Waals surface area contributed by atoms with Gasteiger partial charge in [0.15, 0.2) is 5.13 Å². The molecule has 1 fully saturated rings. The van der Waals surface area contributed by atoms with Crippen molar-refractivity contribution < 1.29 is 14.4 Å². The Labute approximate surface area is 131 Å². The van der Waals surface area contributed by atoms with Crippen molar-refractivity contribution in [2.45, 2.75) is 26.2 Å². The molecule has 3 rings (SSSR count). The van der Waals surface area contributed by atoms with Crippen LogP contribution in [-0.2, 0) is 14.4 Å². The Morgan fingerprint density at radius 3 is 2.77 bits per heavy atom. The van der Waals surface area contributed by atoms with Crippen LogP contribution < -0.4 is 5.32 Å². The van der Waals surface area contributed by atoms with E-state index in [0.29, 0.717) is 5.13 Å². The fraction of sp³-hybridized carbons (Fsp3) is 0.333. The number of anilines is 1. The Kier molecular flexibility index (Phi) is 3.89. The van der Waals surface area contributed by atoms with Crippen molar-refractivity contribution in [3.05, 3.63) is 23.8 Å². The van der Waals surface area contributed by atoms with E-state index < -0.39 is 0 Å². The van der Waals surface area contributed by atoms with E-state index in [1.165, 1.54) is 11.3 Å². The number of carbonyl (C=O) groups excluding carboxylic acids is 3. The Morgan fingerprint density at radius 2 is 2.05 bits per heavy atom. The molecular weight excluding hydrogens is 302 g/mol. The molecule has 1 aromatic carbocycles. The number of aryl methyl sites for hydroxylation is 1. The number of benzene rings is 1. The third-order valence-electron chi connectivity index (χ3n) is 3.51. The highest BCUT2D eigenvalue weighted by atomic mass is 32.1. The van der Waals surface area contributed by atoms with Gasteiger partial charge in [0.05, 0.1) is 10.2 Å². The van der Waals surface area contributed by atoms with Crippen LogP contribution in [0.3, 0.4) is 0 Å². The first-order valence-corrected chi connectivity index (χ1v) is 7.85. The van der Waals surface area contributed by atoms with Crippen LogP contribution in [0.15, 0.2) is 18.2 Å². The molecule has 114 valence electrons. The van der Waals surface area contributed by atoms with Crippen LogP contribution in [0.5, 0.6) is 0 Å². The Hall–Kier alpha value is -2.28. The van der Waals surface area contributed by atoms with Gasteiger partial charge in [0.1, 0.15) is 0 Å². The normalized spacial score (nSPS) is 14.9. The van der Waals surface area contributed by atoms with E-state index in [2.05, 4.69) is 10.3 Å². The number of thiazole rings is 1. The van der Waals surface area contributed by atoms with Gasteiger partial charge in [0.25, 0.3) is 0 Å². The summed E-state index contributed by atoms with van der Waals surface area (Å²) in [6.07, 6.45) is 0.585. The minimum atomic E-state index is -0.247. The minimum absolute atomic E-state index is 0.0897. The number of hydrogen-bond acceptors (Lipinski definition) is 5. The van der Waals surface area contributed by atoms with E-state index in [4.69, 9.17) is 0 Å². The fourth-order valence-corrected chi connectivity index (χ4v) is 3.33. The fourth-order valence-electron chi connectivity index (χ4n) is 2.35. The van der Waals surface area contributed by atoms with Gasteiger partial charge in [-0.05, 0) is 24.6 Å². The zero-order chi connectivity index (χ0) is 15.7. The van der Waals surface area contributed by atoms with Crippen molar-refractivity contribution in [2.75, 3.05) is 11.9 Å². The molecule has 1 aromatic heterocycles. The van der Waals surface area contributed by atoms with Crippen molar-refractivity contribution in [3.8, 4) is 0 Å². The van der Waals surface area contributed by atoms with Crippen LogP contribution >= 0.6 is 11.3 Å². The van der Waals surface area contributed by atoms with Gasteiger partial charge in [-0.1, -0.05) is 17.4 Å². The van der Waals surface area contributed by atoms with Crippen molar-refractivity contribution in [3.63, 3.8) is 0 Å². The number of hydrogen-bond donors (Lipinski definition) is 1. The van der Waals surface area contributed by atoms with Crippen LogP contribution in [0.1, 0.15) is 24.8 Å². The molecule has 2 heterocycles. The SMILES string of the molecule is Cc1ccc2nc(NC(=O)CCN3C(=O)CCC3=O)sc2c1. The predicted molar refractivity (Wildman–Crippen MR) is 83.6 cm³/mol. The number of amides is 3. The number of aromatic nitrogens is 1. The average molecular weight is 317 g/mol. The molecule has 0 radical (unpaired) electrons. The van der Waals surface area contributed by atoms with E-state index in [9.17, 15) is 14.4 Å². The topological polar surface area (TPSA) is 79.4 Å². The maximum atomic E-state index is 11.9. The maximum absolute atomic E-state index is 11.9. The molecule has 0 aliphatic carbocycles. The van der Waals surface area contributed by atoms with Crippen molar-refractivity contribution in [1.82, 2.24) is 9.88 Å². The van der Waals surface area contributed by atoms with E-state index in [1.54, 1.807) is 0 Å². The summed E-state index contributed by atoms with van der Waals surface area (Å²) >= 11 is 1.41. The van der Waals surface area contributed by atoms with E-state index >= 15 is 0 Å². The van der Waals surface area contributed by atoms with E-state index in [1.807, 2.05) is 25.1 Å². The second-order valence-electron chi connectivity index (χ2n) is 5.23. The number of carbonyl (C=O) groups is 3. The van der Waals surface area contributed by atoms with Gasteiger partial charge in [-0.3, -0.25) is 19.3 Å². The molecule has 0 unspecified atom stereocenters. The largest absolute Gasteiger partial charge is 0.302 e. The van der Waals surface area contributed by atoms with Crippen LogP contribution in [0.4, 0.5) is 5.13 Å². The first-order valence-electron chi connectivity index (χ1n) is 7.03. The summed E-state index contributed by atoms with van der Waals surface area (Å²) in [6.45, 7) is 2.13. The lowest BCUT2D eigenvalue weighted by atomic mass is 10.2. The summed E-state index contributed by atoms with van der Waals surface area (Å²) in [5.41, 5.74) is 1.98. The molecule has 2 aromatic rings. The number of imide groups is 1. The highest BCUT2D eigenvalue weighted by Gasteiger charge is 2.28. The summed E-state index contributed by atoms with van der Waals surface area (Å²) in [5, 5.41) is 3.26. The smallest absolute Gasteiger partial charge is 0.229 e. The van der Waals surface area contributed by atoms with Crippen LogP contribution in [-0.4, -0.2) is 34.2 Å². The van der Waals surface area contributed by atoms with Gasteiger partial charge in [0, 0.05) is 25.8 Å². The summed E-state index contributed by atoms with van der Waals surface area (Å²) in [4.78, 5) is 40.4. The monoisotopic (exact) mass is 317 g/mol. The standard InChI is InChI=1S/C15H15N3O3S/c1-9-2-3-10-11(8-9)22-15(16-10)17-12(19)6-7-18-13(20)4-5-14(18)21/h2-3,8H,4-7H2,1H3,(H,16,17,19). The van der Waals surface area contributed by atoms with Gasteiger partial charge in [-0.15, -0.1) is 0 Å². The Balaban J connectivity index is 1.61. The minimum Gasteiger partial charge on any atom is -0.302 e. The highest BCUT2D eigenvalue weighted by Crippen LogP contribution is 2.26. The molecule has 3 amide bonds. The molecule has 22 heavy (non-hydrogen) atoms. The summed E-state index contributed by atoms with van der Waals surface area (Å²) < 4.78 is 1.01. The molecule has 0 spiro atoms. The van der Waals surface area contributed by atoms with Gasteiger partial charge in [-0.2, -0.15) is 0 Å². The lowest BCUT2D eigenvalue weighted by Gasteiger charge is -2.12. The summed E-state index contributed by atoms with van der Waals surface area (Å²) in [7, 11) is 0. The number of rotatable bonds is 4. The molecule has 0 bridgehead atoms. The number of likely N-dealkylation sites (tertiary alicyclic amines) is 1. The lowest BCUT2D eigenvalue weighted by Crippen LogP contribution is -2.32. The Bertz CT molecular complexity index is 752. The first kappa shape index (κ1) is 14.6. The second kappa shape index (κ2) is 5.84. The molecule has 1 N–H and O–H groups in total. The molecule has 1 aliphatic heterocycles. The third-order valence-corrected chi connectivity index (χ3v) is 4.44. The first-order chi connectivity index (χ1) is 10.5. The number of nitrogens with one attached hydrogen (secondary N) is 1. The number of fused-ring (bicyclic) bond motifs is 1. The maximum Gasteiger partial charge on any atom is 0.229 e. The van der Waals surface area contributed by atoms with Crippen molar-refractivity contribution >= 4 is 44.4 Å². The third kappa shape index (κ3) is 2.99. The number of nitrogens with zero attached hydrogens (tertiary/aromatic N) is 2. The van der Waals surface area contributed by atoms with Crippen molar-refractivity contribution in [1.29, 1.82) is 0 Å². The van der Waals surface area contributed by atoms with Crippen molar-refractivity contribution in [2.24, 2.45) is 0 Å². The summed E-state index contributed by atoms with van der Waals surface area (Å²) in [5.74, 6) is -0.648. The van der Waals surface area contributed by atoms with Gasteiger partial charge in [0.2, 0.25) is 17.7 Å². The van der Waals surface area contributed by atoms with Crippen LogP contribution in [0, 0.1) is 6.92 Å². The van der Waals surface area contributed by atoms with Crippen LogP contribution in [0.2, 0.25) is 0 Å². The molecule has 1 saturated heterocycles. The molecule has 7 heteroatoms.